The van der Waals surface area contributed by atoms with E-state index in [9.17, 15) is 13.7 Å². The average molecular weight is 567 g/mol. The lowest BCUT2D eigenvalue weighted by molar-refractivity contribution is 0.0736. The highest BCUT2D eigenvalue weighted by atomic mass is 32.2. The molecular formula is C29H31FN4O5S. The van der Waals surface area contributed by atoms with Crippen molar-refractivity contribution in [3.05, 3.63) is 77.3 Å². The van der Waals surface area contributed by atoms with Crippen LogP contribution < -0.4 is 19.5 Å². The van der Waals surface area contributed by atoms with E-state index in [1.165, 1.54) is 31.6 Å². The molecule has 0 radical (unpaired) electrons. The monoisotopic (exact) mass is 566 g/mol. The molecule has 40 heavy (non-hydrogen) atoms. The second-order valence-corrected chi connectivity index (χ2v) is 11.8. The predicted molar refractivity (Wildman–Crippen MR) is 156 cm³/mol. The molecule has 1 aliphatic carbocycles. The van der Waals surface area contributed by atoms with Gasteiger partial charge in [0, 0.05) is 17.0 Å². The molecule has 4 atom stereocenters. The van der Waals surface area contributed by atoms with Crippen LogP contribution in [0.3, 0.4) is 0 Å². The van der Waals surface area contributed by atoms with Crippen LogP contribution in [0.25, 0.3) is 10.9 Å². The van der Waals surface area contributed by atoms with Gasteiger partial charge in [-0.1, -0.05) is 24.6 Å². The van der Waals surface area contributed by atoms with E-state index >= 15 is 0 Å². The Kier molecular flexibility index (Phi) is 7.79. The van der Waals surface area contributed by atoms with E-state index < -0.39 is 27.7 Å². The van der Waals surface area contributed by atoms with Crippen molar-refractivity contribution in [3.8, 4) is 11.5 Å². The molecule has 3 N–H and O–H groups in total. The first kappa shape index (κ1) is 27.6. The van der Waals surface area contributed by atoms with Crippen molar-refractivity contribution in [2.75, 3.05) is 30.4 Å². The molecule has 1 saturated heterocycles. The van der Waals surface area contributed by atoms with Crippen LogP contribution in [0.15, 0.2) is 71.4 Å². The maximum absolute atomic E-state index is 14.1. The van der Waals surface area contributed by atoms with Gasteiger partial charge in [-0.25, -0.2) is 18.6 Å². The minimum Gasteiger partial charge on any atom is -0.496 e. The van der Waals surface area contributed by atoms with Gasteiger partial charge in [-0.3, -0.25) is 0 Å². The fraction of sp³-hybridized carbons (Fsp3) is 0.276. The van der Waals surface area contributed by atoms with Gasteiger partial charge in [0.2, 0.25) is 0 Å². The summed E-state index contributed by atoms with van der Waals surface area (Å²) in [7, 11) is -1.39. The third kappa shape index (κ3) is 5.81. The first-order valence-electron chi connectivity index (χ1n) is 12.7. The molecule has 210 valence electrons. The zero-order valence-electron chi connectivity index (χ0n) is 22.4. The number of nitrogens with zero attached hydrogens (tertiary/aromatic N) is 2. The number of halogens is 1. The molecule has 9 nitrogen and oxygen atoms in total. The van der Waals surface area contributed by atoms with Gasteiger partial charge in [0.1, 0.15) is 35.6 Å². The predicted octanol–water partition coefficient (Wildman–Crippen LogP) is 4.74. The number of nitrogens with one attached hydrogen (secondary N) is 2. The van der Waals surface area contributed by atoms with E-state index in [1.807, 2.05) is 31.2 Å². The van der Waals surface area contributed by atoms with Gasteiger partial charge >= 0.3 is 0 Å². The van der Waals surface area contributed by atoms with E-state index in [0.717, 1.165) is 5.57 Å². The van der Waals surface area contributed by atoms with Crippen molar-refractivity contribution >= 4 is 43.7 Å². The van der Waals surface area contributed by atoms with Crippen LogP contribution in [-0.2, 0) is 14.4 Å². The summed E-state index contributed by atoms with van der Waals surface area (Å²) in [5, 5.41) is 13.8. The number of methoxy groups -OCH3 is 1. The Balaban J connectivity index is 1.48. The topological polar surface area (TPSA) is 115 Å². The summed E-state index contributed by atoms with van der Waals surface area (Å²) in [6, 6.07) is 7.47. The number of aliphatic hydroxyl groups is 1. The van der Waals surface area contributed by atoms with Gasteiger partial charge in [-0.05, 0) is 49.1 Å². The molecular weight excluding hydrogens is 535 g/mol. The molecule has 11 heteroatoms. The van der Waals surface area contributed by atoms with Gasteiger partial charge in [0.25, 0.3) is 0 Å². The Morgan fingerprint density at radius 1 is 1.18 bits per heavy atom. The summed E-state index contributed by atoms with van der Waals surface area (Å²) in [6.45, 7) is 4.44. The molecule has 4 unspecified atom stereocenters. The zero-order chi connectivity index (χ0) is 28.4. The van der Waals surface area contributed by atoms with Crippen molar-refractivity contribution in [2.24, 2.45) is 5.92 Å². The average Bonchev–Trinajstić information content (AvgIpc) is 3.23. The molecule has 1 fully saturated rings. The Bertz CT molecular complexity index is 1640. The molecule has 2 aromatic carbocycles. The molecule has 2 aliphatic rings. The van der Waals surface area contributed by atoms with Gasteiger partial charge in [0.15, 0.2) is 6.10 Å². The summed E-state index contributed by atoms with van der Waals surface area (Å²) in [6.07, 6.45) is 7.52. The summed E-state index contributed by atoms with van der Waals surface area (Å²) in [4.78, 5) is 9.35. The van der Waals surface area contributed by atoms with Crippen LogP contribution in [0, 0.1) is 11.7 Å². The van der Waals surface area contributed by atoms with Crippen molar-refractivity contribution in [1.82, 2.24) is 9.97 Å². The number of hydrogen-bond donors (Lipinski definition) is 3. The number of fused-ring (bicyclic) bond motifs is 1. The Hall–Kier alpha value is -3.93. The van der Waals surface area contributed by atoms with Crippen LogP contribution in [0.2, 0.25) is 0 Å². The third-order valence-electron chi connectivity index (χ3n) is 6.84. The van der Waals surface area contributed by atoms with E-state index in [0.29, 0.717) is 38.8 Å². The lowest BCUT2D eigenvalue weighted by Crippen LogP contribution is -2.30. The standard InChI is InChI=1S/C29H31FN4O5S/c1-17-5-8-21(9-6-18(17)2)40(4,36)34-20-12-23-28(26(13-20)37-3)29(32-16-31-23)33-22-10-7-19(30)11-25(22)39-27-15-38-14-24(27)35/h5-13,16-17,24,27,35H,4,14-15H2,1-3H3,(H,34,36)(H,31,32,33). The molecule has 1 aliphatic heterocycles. The van der Waals surface area contributed by atoms with Gasteiger partial charge in [-0.2, -0.15) is 0 Å². The maximum atomic E-state index is 14.1. The molecule has 0 saturated carbocycles. The molecule has 1 aromatic heterocycles. The minimum absolute atomic E-state index is 0.148. The minimum atomic E-state index is -2.90. The quantitative estimate of drug-likeness (QED) is 0.335. The van der Waals surface area contributed by atoms with Crippen LogP contribution in [-0.4, -0.2) is 57.7 Å². The van der Waals surface area contributed by atoms with E-state index in [-0.39, 0.29) is 24.9 Å². The Labute approximate surface area is 232 Å². The SMILES string of the molecule is C=S(=O)(Nc1cc(OC)c2c(Nc3ccc(F)cc3OC3COCC3O)ncnc2c1)C1=CC=C(C)C(C)C=C1. The first-order chi connectivity index (χ1) is 19.1. The van der Waals surface area contributed by atoms with Gasteiger partial charge in [-0.15, -0.1) is 0 Å². The summed E-state index contributed by atoms with van der Waals surface area (Å²) in [5.74, 6) is 4.69. The number of benzene rings is 2. The molecule has 3 aromatic rings. The maximum Gasteiger partial charge on any atom is 0.150 e. The molecule has 0 bridgehead atoms. The smallest absolute Gasteiger partial charge is 0.150 e. The first-order valence-corrected chi connectivity index (χ1v) is 14.4. The van der Waals surface area contributed by atoms with Crippen molar-refractivity contribution in [1.29, 1.82) is 0 Å². The number of allylic oxidation sites excluding steroid dienone is 5. The largest absolute Gasteiger partial charge is 0.496 e. The lowest BCUT2D eigenvalue weighted by atomic mass is 10.0. The highest BCUT2D eigenvalue weighted by Gasteiger charge is 2.29. The number of ether oxygens (including phenoxy) is 3. The van der Waals surface area contributed by atoms with Gasteiger partial charge < -0.3 is 29.4 Å². The van der Waals surface area contributed by atoms with Crippen LogP contribution in [0.5, 0.6) is 11.5 Å². The second-order valence-electron chi connectivity index (χ2n) is 9.73. The van der Waals surface area contributed by atoms with Crippen molar-refractivity contribution in [2.45, 2.75) is 26.1 Å². The van der Waals surface area contributed by atoms with Crippen molar-refractivity contribution < 1.29 is 27.9 Å². The fourth-order valence-corrected chi connectivity index (χ4v) is 5.58. The van der Waals surface area contributed by atoms with Crippen molar-refractivity contribution in [3.63, 3.8) is 0 Å². The highest BCUT2D eigenvalue weighted by Crippen LogP contribution is 2.37. The van der Waals surface area contributed by atoms with Crippen LogP contribution in [0.4, 0.5) is 21.6 Å². The summed E-state index contributed by atoms with van der Waals surface area (Å²) >= 11 is 0. The number of aromatic nitrogens is 2. The molecule has 0 spiro atoms. The molecule has 5 rings (SSSR count). The van der Waals surface area contributed by atoms with E-state index in [1.54, 1.807) is 12.1 Å². The second kappa shape index (κ2) is 11.3. The highest BCUT2D eigenvalue weighted by molar-refractivity contribution is 8.05. The normalized spacial score (nSPS) is 22.2. The molecule has 2 heterocycles. The zero-order valence-corrected chi connectivity index (χ0v) is 23.2. The molecule has 0 amide bonds. The number of rotatable bonds is 8. The lowest BCUT2D eigenvalue weighted by Gasteiger charge is -2.20. The van der Waals surface area contributed by atoms with Crippen LogP contribution >= 0.6 is 0 Å². The Morgan fingerprint density at radius 3 is 2.75 bits per heavy atom. The summed E-state index contributed by atoms with van der Waals surface area (Å²) < 4.78 is 47.6. The van der Waals surface area contributed by atoms with E-state index in [2.05, 4.69) is 32.8 Å². The van der Waals surface area contributed by atoms with Crippen LogP contribution in [0.1, 0.15) is 13.8 Å². The number of anilines is 3. The fourth-order valence-electron chi connectivity index (χ4n) is 4.37. The van der Waals surface area contributed by atoms with E-state index in [4.69, 9.17) is 14.2 Å². The number of hydrogen-bond acceptors (Lipinski definition) is 8. The Morgan fingerprint density at radius 2 is 2.00 bits per heavy atom. The van der Waals surface area contributed by atoms with Gasteiger partial charge in [0.05, 0.1) is 52.3 Å². The third-order valence-corrected chi connectivity index (χ3v) is 8.44. The number of aliphatic hydroxyl groups excluding tert-OH is 1. The summed E-state index contributed by atoms with van der Waals surface area (Å²) in [5.41, 5.74) is 2.60.